The third kappa shape index (κ3) is 5.92. The van der Waals surface area contributed by atoms with Gasteiger partial charge in [-0.1, -0.05) is 0 Å². The topological polar surface area (TPSA) is 3.24 Å². The minimum atomic E-state index is 0.101. The fraction of sp³-hybridized carbons (Fsp3) is 0.667. The molecular weight excluding hydrogens is 114 g/mol. The van der Waals surface area contributed by atoms with E-state index in [9.17, 15) is 0 Å². The van der Waals surface area contributed by atoms with Crippen molar-refractivity contribution >= 4 is 9.52 Å². The standard InChI is InChI=1S/C6H15NSi/c1-4-8-6-5-7(2)3/h4H,1,5-6,8H2,2-3H3. The zero-order valence-corrected chi connectivity index (χ0v) is 7.27. The van der Waals surface area contributed by atoms with Gasteiger partial charge in [0.05, 0.1) is 0 Å². The quantitative estimate of drug-likeness (QED) is 0.389. The molecule has 1 nitrogen and oxygen atoms in total. The lowest BCUT2D eigenvalue weighted by Gasteiger charge is -2.05. The summed E-state index contributed by atoms with van der Waals surface area (Å²) in [5, 5.41) is 0. The van der Waals surface area contributed by atoms with Gasteiger partial charge in [0, 0.05) is 9.52 Å². The Morgan fingerprint density at radius 1 is 1.62 bits per heavy atom. The first-order chi connectivity index (χ1) is 3.77. The van der Waals surface area contributed by atoms with Crippen molar-refractivity contribution in [1.82, 2.24) is 4.90 Å². The molecule has 0 saturated heterocycles. The summed E-state index contributed by atoms with van der Waals surface area (Å²) in [6.45, 7) is 4.94. The predicted molar refractivity (Wildman–Crippen MR) is 42.1 cm³/mol. The fourth-order valence-electron chi connectivity index (χ4n) is 0.552. The molecule has 0 aliphatic carbocycles. The highest BCUT2D eigenvalue weighted by atomic mass is 28.2. The van der Waals surface area contributed by atoms with Crippen LogP contribution < -0.4 is 0 Å². The van der Waals surface area contributed by atoms with Gasteiger partial charge in [-0.3, -0.25) is 0 Å². The molecule has 0 aliphatic rings. The van der Waals surface area contributed by atoms with Crippen molar-refractivity contribution in [2.45, 2.75) is 6.04 Å². The monoisotopic (exact) mass is 129 g/mol. The molecule has 0 rings (SSSR count). The molecule has 0 aromatic rings. The van der Waals surface area contributed by atoms with Crippen molar-refractivity contribution in [3.8, 4) is 0 Å². The number of hydrogen-bond donors (Lipinski definition) is 0. The summed E-state index contributed by atoms with van der Waals surface area (Å²) in [7, 11) is 4.32. The summed E-state index contributed by atoms with van der Waals surface area (Å²) < 4.78 is 0. The maximum atomic E-state index is 3.70. The largest absolute Gasteiger partial charge is 0.310 e. The van der Waals surface area contributed by atoms with Gasteiger partial charge in [-0.25, -0.2) is 0 Å². The van der Waals surface area contributed by atoms with Gasteiger partial charge in [-0.15, -0.1) is 12.3 Å². The summed E-state index contributed by atoms with van der Waals surface area (Å²) in [4.78, 5) is 2.22. The Kier molecular flexibility index (Phi) is 5.01. The van der Waals surface area contributed by atoms with Crippen LogP contribution in [0.1, 0.15) is 0 Å². The molecule has 0 saturated carbocycles. The molecule has 0 aliphatic heterocycles. The van der Waals surface area contributed by atoms with E-state index in [2.05, 4.69) is 31.3 Å². The first-order valence-electron chi connectivity index (χ1n) is 3.03. The van der Waals surface area contributed by atoms with Crippen LogP contribution in [0.25, 0.3) is 0 Å². The molecule has 0 radical (unpaired) electrons. The Morgan fingerprint density at radius 2 is 2.25 bits per heavy atom. The Balaban J connectivity index is 2.81. The van der Waals surface area contributed by atoms with Crippen molar-refractivity contribution in [3.63, 3.8) is 0 Å². The van der Waals surface area contributed by atoms with E-state index in [0.717, 1.165) is 0 Å². The first kappa shape index (κ1) is 7.92. The van der Waals surface area contributed by atoms with Crippen LogP contribution in [0.3, 0.4) is 0 Å². The lowest BCUT2D eigenvalue weighted by molar-refractivity contribution is 0.433. The minimum absolute atomic E-state index is 0.101. The van der Waals surface area contributed by atoms with Crippen molar-refractivity contribution in [3.05, 3.63) is 12.3 Å². The maximum absolute atomic E-state index is 3.70. The third-order valence-electron chi connectivity index (χ3n) is 1.01. The van der Waals surface area contributed by atoms with Crippen molar-refractivity contribution in [1.29, 1.82) is 0 Å². The number of nitrogens with zero attached hydrogens (tertiary/aromatic N) is 1. The van der Waals surface area contributed by atoms with Gasteiger partial charge in [0.2, 0.25) is 0 Å². The average molecular weight is 129 g/mol. The van der Waals surface area contributed by atoms with Crippen LogP contribution in [0.5, 0.6) is 0 Å². The predicted octanol–water partition coefficient (Wildman–Crippen LogP) is 0.279. The van der Waals surface area contributed by atoms with Gasteiger partial charge in [0.1, 0.15) is 0 Å². The minimum Gasteiger partial charge on any atom is -0.310 e. The van der Waals surface area contributed by atoms with Gasteiger partial charge >= 0.3 is 0 Å². The summed E-state index contributed by atoms with van der Waals surface area (Å²) in [5.74, 6) is 0. The molecule has 2 heteroatoms. The second-order valence-electron chi connectivity index (χ2n) is 2.23. The lowest BCUT2D eigenvalue weighted by atomic mass is 10.7. The van der Waals surface area contributed by atoms with Crippen LogP contribution in [0.2, 0.25) is 6.04 Å². The normalized spacial score (nSPS) is 11.4. The Bertz CT molecular complexity index is 61.5. The first-order valence-corrected chi connectivity index (χ1v) is 4.84. The Hall–Kier alpha value is -0.0831. The molecule has 48 valence electrons. The second-order valence-corrected chi connectivity index (χ2v) is 4.10. The molecule has 0 bridgehead atoms. The van der Waals surface area contributed by atoms with E-state index >= 15 is 0 Å². The van der Waals surface area contributed by atoms with Crippen molar-refractivity contribution in [2.75, 3.05) is 20.6 Å². The molecule has 8 heavy (non-hydrogen) atoms. The highest BCUT2D eigenvalue weighted by Crippen LogP contribution is 1.81. The van der Waals surface area contributed by atoms with Crippen LogP contribution in [0.15, 0.2) is 12.3 Å². The summed E-state index contributed by atoms with van der Waals surface area (Å²) in [6, 6.07) is 1.37. The molecule has 0 amide bonds. The van der Waals surface area contributed by atoms with Crippen molar-refractivity contribution < 1.29 is 0 Å². The lowest BCUT2D eigenvalue weighted by Crippen LogP contribution is -2.13. The van der Waals surface area contributed by atoms with Gasteiger partial charge < -0.3 is 4.90 Å². The van der Waals surface area contributed by atoms with Gasteiger partial charge in [0.15, 0.2) is 0 Å². The van der Waals surface area contributed by atoms with E-state index in [1.54, 1.807) is 0 Å². The summed E-state index contributed by atoms with van der Waals surface area (Å²) >= 11 is 0. The highest BCUT2D eigenvalue weighted by Gasteiger charge is 1.85. The molecule has 0 spiro atoms. The maximum Gasteiger partial charge on any atom is 0.0458 e. The van der Waals surface area contributed by atoms with Crippen LogP contribution in [-0.4, -0.2) is 35.1 Å². The zero-order chi connectivity index (χ0) is 6.41. The SMILES string of the molecule is C=C[SiH2]CCN(C)C. The third-order valence-corrected chi connectivity index (χ3v) is 2.15. The molecule has 0 atom stereocenters. The Morgan fingerprint density at radius 3 is 2.62 bits per heavy atom. The molecule has 0 heterocycles. The van der Waals surface area contributed by atoms with E-state index in [1.165, 1.54) is 12.6 Å². The molecule has 0 unspecified atom stereocenters. The molecule has 0 aromatic heterocycles. The second kappa shape index (κ2) is 5.06. The van der Waals surface area contributed by atoms with E-state index < -0.39 is 0 Å². The average Bonchev–Trinajstić information content (AvgIpc) is 1.66. The van der Waals surface area contributed by atoms with Gasteiger partial charge in [-0.05, 0) is 26.7 Å². The van der Waals surface area contributed by atoms with Crippen LogP contribution in [0, 0.1) is 0 Å². The van der Waals surface area contributed by atoms with E-state index in [-0.39, 0.29) is 9.52 Å². The number of hydrogen-bond acceptors (Lipinski definition) is 1. The molecular formula is C6H15NSi. The summed E-state index contributed by atoms with van der Waals surface area (Å²) in [6.07, 6.45) is 0. The van der Waals surface area contributed by atoms with Crippen LogP contribution in [0.4, 0.5) is 0 Å². The highest BCUT2D eigenvalue weighted by molar-refractivity contribution is 6.41. The molecule has 0 fully saturated rings. The zero-order valence-electron chi connectivity index (χ0n) is 5.85. The fourth-order valence-corrected chi connectivity index (χ4v) is 1.66. The van der Waals surface area contributed by atoms with Crippen molar-refractivity contribution in [2.24, 2.45) is 0 Å². The molecule has 0 N–H and O–H groups in total. The van der Waals surface area contributed by atoms with E-state index in [1.807, 2.05) is 0 Å². The smallest absolute Gasteiger partial charge is 0.0458 e. The molecule has 0 aromatic carbocycles. The van der Waals surface area contributed by atoms with Gasteiger partial charge in [0.25, 0.3) is 0 Å². The van der Waals surface area contributed by atoms with Crippen LogP contribution in [-0.2, 0) is 0 Å². The van der Waals surface area contributed by atoms with Crippen LogP contribution >= 0.6 is 0 Å². The number of rotatable bonds is 4. The summed E-state index contributed by atoms with van der Waals surface area (Å²) in [5.41, 5.74) is 2.10. The van der Waals surface area contributed by atoms with E-state index in [0.29, 0.717) is 0 Å². The van der Waals surface area contributed by atoms with Gasteiger partial charge in [-0.2, -0.15) is 0 Å². The van der Waals surface area contributed by atoms with E-state index in [4.69, 9.17) is 0 Å². The Labute approximate surface area is 54.2 Å².